The molecule has 0 radical (unpaired) electrons. The van der Waals surface area contributed by atoms with E-state index in [4.69, 9.17) is 4.74 Å². The van der Waals surface area contributed by atoms with E-state index in [1.54, 1.807) is 0 Å². The molecule has 4 rings (SSSR count). The van der Waals surface area contributed by atoms with Crippen molar-refractivity contribution in [2.45, 2.75) is 56.6 Å². The molecule has 1 atom stereocenters. The number of rotatable bonds is 3. The van der Waals surface area contributed by atoms with Crippen molar-refractivity contribution in [1.29, 1.82) is 0 Å². The zero-order valence-corrected chi connectivity index (χ0v) is 15.3. The van der Waals surface area contributed by atoms with Gasteiger partial charge in [-0.2, -0.15) is 0 Å². The third kappa shape index (κ3) is 3.10. The van der Waals surface area contributed by atoms with Crippen LogP contribution in [0.4, 0.5) is 4.79 Å². The van der Waals surface area contributed by atoms with Gasteiger partial charge in [0, 0.05) is 30.3 Å². The van der Waals surface area contributed by atoms with Crippen molar-refractivity contribution >= 4 is 27.8 Å². The average molecular weight is 392 g/mol. The molecule has 24 heavy (non-hydrogen) atoms. The summed E-state index contributed by atoms with van der Waals surface area (Å²) in [6.45, 7) is 0.726. The van der Waals surface area contributed by atoms with Gasteiger partial charge in [0.05, 0.1) is 6.04 Å². The van der Waals surface area contributed by atoms with Crippen molar-refractivity contribution in [3.05, 3.63) is 34.3 Å². The maximum Gasteiger partial charge on any atom is 0.410 e. The molecule has 3 fully saturated rings. The van der Waals surface area contributed by atoms with E-state index in [9.17, 15) is 9.59 Å². The first-order chi connectivity index (χ1) is 11.6. The first-order valence-corrected chi connectivity index (χ1v) is 9.62. The normalized spacial score (nSPS) is 24.8. The minimum Gasteiger partial charge on any atom is -0.443 e. The molecule has 0 bridgehead atoms. The number of carbonyl (C=O) groups excluding carboxylic acids is 2. The van der Waals surface area contributed by atoms with Crippen LogP contribution in [0.25, 0.3) is 0 Å². The summed E-state index contributed by atoms with van der Waals surface area (Å²) in [7, 11) is 0. The van der Waals surface area contributed by atoms with E-state index in [2.05, 4.69) is 28.1 Å². The number of nitrogens with zero attached hydrogens (tertiary/aromatic N) is 1. The van der Waals surface area contributed by atoms with Crippen LogP contribution >= 0.6 is 15.9 Å². The molecule has 0 aromatic heterocycles. The summed E-state index contributed by atoms with van der Waals surface area (Å²) in [6, 6.07) is 8.39. The second-order valence-corrected chi connectivity index (χ2v) is 8.28. The smallest absolute Gasteiger partial charge is 0.410 e. The van der Waals surface area contributed by atoms with Crippen molar-refractivity contribution in [1.82, 2.24) is 4.90 Å². The Morgan fingerprint density at radius 3 is 2.33 bits per heavy atom. The van der Waals surface area contributed by atoms with Gasteiger partial charge in [-0.3, -0.25) is 4.79 Å². The first kappa shape index (κ1) is 16.1. The van der Waals surface area contributed by atoms with Crippen LogP contribution in [-0.2, 0) is 9.53 Å². The monoisotopic (exact) mass is 391 g/mol. The second-order valence-electron chi connectivity index (χ2n) is 7.37. The van der Waals surface area contributed by atoms with E-state index >= 15 is 0 Å². The van der Waals surface area contributed by atoms with E-state index < -0.39 is 5.60 Å². The van der Waals surface area contributed by atoms with Crippen LogP contribution in [-0.4, -0.2) is 28.9 Å². The Morgan fingerprint density at radius 1 is 1.08 bits per heavy atom. The molecule has 1 amide bonds. The quantitative estimate of drug-likeness (QED) is 0.754. The highest BCUT2D eigenvalue weighted by Gasteiger charge is 2.47. The molecule has 1 aromatic carbocycles. The van der Waals surface area contributed by atoms with Crippen LogP contribution in [0.5, 0.6) is 0 Å². The summed E-state index contributed by atoms with van der Waals surface area (Å²) in [5.74, 6) is 0.838. The Morgan fingerprint density at radius 2 is 1.75 bits per heavy atom. The summed E-state index contributed by atoms with van der Waals surface area (Å²) in [6.07, 6.45) is 5.46. The molecule has 1 saturated heterocycles. The molecular weight excluding hydrogens is 370 g/mol. The van der Waals surface area contributed by atoms with Gasteiger partial charge >= 0.3 is 6.09 Å². The van der Waals surface area contributed by atoms with Crippen molar-refractivity contribution in [3.8, 4) is 0 Å². The van der Waals surface area contributed by atoms with Crippen LogP contribution in [0.2, 0.25) is 0 Å². The van der Waals surface area contributed by atoms with E-state index in [0.717, 1.165) is 17.4 Å². The van der Waals surface area contributed by atoms with Gasteiger partial charge in [0.2, 0.25) is 0 Å². The molecule has 4 nitrogen and oxygen atoms in total. The second kappa shape index (κ2) is 6.17. The average Bonchev–Trinajstić information content (AvgIpc) is 3.40. The van der Waals surface area contributed by atoms with E-state index in [1.165, 1.54) is 18.4 Å². The molecule has 1 aliphatic heterocycles. The lowest BCUT2D eigenvalue weighted by Gasteiger charge is -2.45. The largest absolute Gasteiger partial charge is 0.443 e. The van der Waals surface area contributed by atoms with Gasteiger partial charge in [0.25, 0.3) is 0 Å². The Hall–Kier alpha value is -1.36. The summed E-state index contributed by atoms with van der Waals surface area (Å²) in [4.78, 5) is 26.2. The zero-order valence-electron chi connectivity index (χ0n) is 13.7. The highest BCUT2D eigenvalue weighted by atomic mass is 79.9. The Balaban J connectivity index is 1.52. The van der Waals surface area contributed by atoms with Gasteiger partial charge in [-0.05, 0) is 49.3 Å². The van der Waals surface area contributed by atoms with Gasteiger partial charge in [0.15, 0.2) is 0 Å². The fourth-order valence-corrected chi connectivity index (χ4v) is 4.34. The number of halogens is 1. The minimum atomic E-state index is -0.394. The Kier molecular flexibility index (Phi) is 4.15. The van der Waals surface area contributed by atoms with Crippen molar-refractivity contribution in [3.63, 3.8) is 0 Å². The van der Waals surface area contributed by atoms with Crippen molar-refractivity contribution in [2.24, 2.45) is 5.92 Å². The number of carbonyl (C=O) groups is 2. The molecule has 1 spiro atoms. The van der Waals surface area contributed by atoms with Crippen LogP contribution in [0.15, 0.2) is 28.7 Å². The minimum absolute atomic E-state index is 0.119. The maximum atomic E-state index is 12.8. The topological polar surface area (TPSA) is 46.6 Å². The van der Waals surface area contributed by atoms with Crippen LogP contribution < -0.4 is 0 Å². The zero-order chi connectivity index (χ0) is 16.7. The van der Waals surface area contributed by atoms with Gasteiger partial charge in [-0.25, -0.2) is 4.79 Å². The SMILES string of the molecule is O=C1CCC2(CC1)CCN(C(c1ccc(Br)cc1)C1CC1)C(=O)O2. The number of Topliss-reactive ketones (excluding diaryl/α,β-unsaturated/α-hetero) is 1. The Labute approximate surface area is 150 Å². The van der Waals surface area contributed by atoms with Crippen LogP contribution in [0, 0.1) is 5.92 Å². The Bertz CT molecular complexity index is 643. The predicted molar refractivity (Wildman–Crippen MR) is 93.6 cm³/mol. The number of ketones is 1. The lowest BCUT2D eigenvalue weighted by molar-refractivity contribution is -0.129. The van der Waals surface area contributed by atoms with Gasteiger partial charge in [-0.1, -0.05) is 28.1 Å². The molecule has 2 aliphatic carbocycles. The fourth-order valence-electron chi connectivity index (χ4n) is 4.08. The molecular formula is C19H22BrNO3. The van der Waals surface area contributed by atoms with E-state index in [0.29, 0.717) is 37.4 Å². The number of hydrogen-bond acceptors (Lipinski definition) is 3. The fraction of sp³-hybridized carbons (Fsp3) is 0.579. The third-order valence-corrected chi connectivity index (χ3v) is 6.21. The number of amides is 1. The lowest BCUT2D eigenvalue weighted by Crippen LogP contribution is -2.52. The summed E-state index contributed by atoms with van der Waals surface area (Å²) < 4.78 is 6.95. The standard InChI is InChI=1S/C19H22BrNO3/c20-15-5-3-14(4-6-15)17(13-1-2-13)21-12-11-19(24-18(21)23)9-7-16(22)8-10-19/h3-6,13,17H,1-2,7-12H2. The van der Waals surface area contributed by atoms with Gasteiger partial charge < -0.3 is 9.64 Å². The lowest BCUT2D eigenvalue weighted by atomic mass is 9.80. The molecule has 1 heterocycles. The summed E-state index contributed by atoms with van der Waals surface area (Å²) in [5.41, 5.74) is 0.794. The van der Waals surface area contributed by atoms with Gasteiger partial charge in [-0.15, -0.1) is 0 Å². The van der Waals surface area contributed by atoms with Gasteiger partial charge in [0.1, 0.15) is 11.4 Å². The summed E-state index contributed by atoms with van der Waals surface area (Å²) in [5, 5.41) is 0. The first-order valence-electron chi connectivity index (χ1n) is 8.83. The van der Waals surface area contributed by atoms with Crippen LogP contribution in [0.3, 0.4) is 0 Å². The number of ether oxygens (including phenoxy) is 1. The van der Waals surface area contributed by atoms with Crippen LogP contribution in [0.1, 0.15) is 56.6 Å². The molecule has 2 saturated carbocycles. The third-order valence-electron chi connectivity index (χ3n) is 5.68. The van der Waals surface area contributed by atoms with Crippen molar-refractivity contribution < 1.29 is 14.3 Å². The highest BCUT2D eigenvalue weighted by molar-refractivity contribution is 9.10. The van der Waals surface area contributed by atoms with E-state index in [1.807, 2.05) is 17.0 Å². The molecule has 1 unspecified atom stereocenters. The molecule has 5 heteroatoms. The number of hydrogen-bond donors (Lipinski definition) is 0. The maximum absolute atomic E-state index is 12.8. The highest BCUT2D eigenvalue weighted by Crippen LogP contribution is 2.47. The van der Waals surface area contributed by atoms with Crippen molar-refractivity contribution in [2.75, 3.05) is 6.54 Å². The molecule has 0 N–H and O–H groups in total. The van der Waals surface area contributed by atoms with E-state index in [-0.39, 0.29) is 12.1 Å². The summed E-state index contributed by atoms with van der Waals surface area (Å²) >= 11 is 3.48. The number of benzene rings is 1. The molecule has 128 valence electrons. The molecule has 3 aliphatic rings. The molecule has 1 aromatic rings. The predicted octanol–water partition coefficient (Wildman–Crippen LogP) is 4.62.